The summed E-state index contributed by atoms with van der Waals surface area (Å²) in [7, 11) is 5.77. The third kappa shape index (κ3) is 4.05. The number of imidazole rings is 1. The average molecular weight is 399 g/mol. The molecule has 2 aromatic rings. The molecule has 1 aliphatic heterocycles. The fourth-order valence-electron chi connectivity index (χ4n) is 3.98. The van der Waals surface area contributed by atoms with Crippen molar-refractivity contribution in [1.29, 1.82) is 0 Å². The Morgan fingerprint density at radius 2 is 1.83 bits per heavy atom. The summed E-state index contributed by atoms with van der Waals surface area (Å²) in [6.45, 7) is 7.56. The molecule has 156 valence electrons. The van der Waals surface area contributed by atoms with Gasteiger partial charge >= 0.3 is 0 Å². The van der Waals surface area contributed by atoms with Crippen LogP contribution in [0.4, 0.5) is 5.82 Å². The van der Waals surface area contributed by atoms with Crippen LogP contribution in [0.25, 0.3) is 11.4 Å². The molecule has 2 amide bonds. The number of quaternary nitrogens is 1. The molecule has 7 nitrogen and oxygen atoms in total. The van der Waals surface area contributed by atoms with Crippen molar-refractivity contribution < 1.29 is 9.59 Å². The highest BCUT2D eigenvalue weighted by atomic mass is 16.2. The molecule has 0 saturated carbocycles. The molecule has 0 radical (unpaired) electrons. The Morgan fingerprint density at radius 1 is 1.17 bits per heavy atom. The number of nitrogens with one attached hydrogen (secondary N) is 2. The van der Waals surface area contributed by atoms with Gasteiger partial charge in [0.1, 0.15) is 11.9 Å². The quantitative estimate of drug-likeness (QED) is 0.777. The Bertz CT molecular complexity index is 909. The normalized spacial score (nSPS) is 16.6. The van der Waals surface area contributed by atoms with Gasteiger partial charge in [0, 0.05) is 25.6 Å². The third-order valence-corrected chi connectivity index (χ3v) is 5.51. The minimum Gasteiger partial charge on any atom is -0.357 e. The van der Waals surface area contributed by atoms with Gasteiger partial charge in [0.15, 0.2) is 0 Å². The van der Waals surface area contributed by atoms with E-state index in [1.165, 1.54) is 0 Å². The van der Waals surface area contributed by atoms with Crippen LogP contribution < -0.4 is 15.1 Å². The van der Waals surface area contributed by atoms with E-state index >= 15 is 0 Å². The van der Waals surface area contributed by atoms with Crippen molar-refractivity contribution in [1.82, 2.24) is 24.7 Å². The number of hydrogen-bond acceptors (Lipinski definition) is 3. The average Bonchev–Trinajstić information content (AvgIpc) is 3.06. The van der Waals surface area contributed by atoms with E-state index in [0.29, 0.717) is 10.2 Å². The molecular formula is C22H32N5O2+. The van der Waals surface area contributed by atoms with Crippen molar-refractivity contribution in [3.63, 3.8) is 0 Å². The van der Waals surface area contributed by atoms with Crippen LogP contribution in [-0.4, -0.2) is 55.1 Å². The number of fused-ring (bicyclic) bond motifs is 1. The second-order valence-corrected chi connectivity index (χ2v) is 9.27. The minimum atomic E-state index is -0.656. The summed E-state index contributed by atoms with van der Waals surface area (Å²) in [5, 5.41) is 5.59. The smallest absolute Gasteiger partial charge is 0.278 e. The van der Waals surface area contributed by atoms with Crippen LogP contribution in [0.2, 0.25) is 0 Å². The van der Waals surface area contributed by atoms with Gasteiger partial charge in [-0.2, -0.15) is 0 Å². The Balaban J connectivity index is 2.08. The molecule has 3 rings (SSSR count). The van der Waals surface area contributed by atoms with Crippen molar-refractivity contribution in [2.75, 3.05) is 27.7 Å². The lowest BCUT2D eigenvalue weighted by atomic mass is 9.86. The van der Waals surface area contributed by atoms with Gasteiger partial charge in [-0.1, -0.05) is 51.1 Å². The second-order valence-electron chi connectivity index (χ2n) is 9.27. The van der Waals surface area contributed by atoms with Gasteiger partial charge in [-0.25, -0.2) is 4.98 Å². The third-order valence-electron chi connectivity index (χ3n) is 5.51. The number of rotatable bonds is 4. The SMILES string of the molecule is CNC(=O)C(NC(=O)c1nc(-c2ccccc2)n2c1[N+](C)(C)CCC2)C(C)(C)C. The van der Waals surface area contributed by atoms with Gasteiger partial charge in [0.2, 0.25) is 17.4 Å². The summed E-state index contributed by atoms with van der Waals surface area (Å²) in [6.07, 6.45) is 1.01. The molecule has 29 heavy (non-hydrogen) atoms. The van der Waals surface area contributed by atoms with Gasteiger partial charge in [-0.3, -0.25) is 18.6 Å². The van der Waals surface area contributed by atoms with E-state index in [2.05, 4.69) is 29.3 Å². The number of aromatic nitrogens is 2. The van der Waals surface area contributed by atoms with Gasteiger partial charge < -0.3 is 10.6 Å². The molecule has 1 aromatic carbocycles. The molecule has 1 atom stereocenters. The van der Waals surface area contributed by atoms with Crippen LogP contribution in [0, 0.1) is 5.41 Å². The van der Waals surface area contributed by atoms with Crippen molar-refractivity contribution >= 4 is 17.6 Å². The minimum absolute atomic E-state index is 0.212. The number of hydrogen-bond donors (Lipinski definition) is 2. The Labute approximate surface area is 172 Å². The predicted molar refractivity (Wildman–Crippen MR) is 116 cm³/mol. The van der Waals surface area contributed by atoms with E-state index < -0.39 is 11.5 Å². The van der Waals surface area contributed by atoms with Gasteiger partial charge in [-0.15, -0.1) is 0 Å². The summed E-state index contributed by atoms with van der Waals surface area (Å²) in [5.41, 5.74) is 0.947. The maximum atomic E-state index is 13.3. The second kappa shape index (κ2) is 7.63. The lowest BCUT2D eigenvalue weighted by molar-refractivity contribution is -0.124. The monoisotopic (exact) mass is 398 g/mol. The highest BCUT2D eigenvalue weighted by Crippen LogP contribution is 2.35. The highest BCUT2D eigenvalue weighted by molar-refractivity contribution is 6.00. The van der Waals surface area contributed by atoms with Crippen LogP contribution in [0.5, 0.6) is 0 Å². The number of carbonyl (C=O) groups excluding carboxylic acids is 2. The summed E-state index contributed by atoms with van der Waals surface area (Å²) in [5.74, 6) is 1.16. The zero-order valence-electron chi connectivity index (χ0n) is 18.2. The molecule has 2 N–H and O–H groups in total. The van der Waals surface area contributed by atoms with Gasteiger partial charge in [0.25, 0.3) is 5.91 Å². The van der Waals surface area contributed by atoms with Crippen LogP contribution in [0.3, 0.4) is 0 Å². The molecule has 1 aromatic heterocycles. The molecule has 0 saturated heterocycles. The Morgan fingerprint density at radius 3 is 2.41 bits per heavy atom. The molecule has 1 aliphatic rings. The first-order valence-electron chi connectivity index (χ1n) is 10.1. The van der Waals surface area contributed by atoms with Crippen LogP contribution in [-0.2, 0) is 11.3 Å². The molecule has 1 unspecified atom stereocenters. The summed E-state index contributed by atoms with van der Waals surface area (Å²) in [4.78, 5) is 30.5. The van der Waals surface area contributed by atoms with Gasteiger partial charge in [-0.05, 0) is 5.41 Å². The fraction of sp³-hybridized carbons (Fsp3) is 0.500. The molecule has 0 spiro atoms. The number of likely N-dealkylation sites (N-methyl/N-ethyl adjacent to an activating group) is 1. The van der Waals surface area contributed by atoms with Crippen molar-refractivity contribution in [2.45, 2.75) is 39.8 Å². The first-order chi connectivity index (χ1) is 13.6. The number of amides is 2. The first kappa shape index (κ1) is 21.0. The standard InChI is InChI=1S/C22H31N5O2/c1-22(2,3)17(20(29)23-4)25-19(28)16-21-26(13-10-14-27(21,5)6)18(24-16)15-11-8-7-9-12-15/h7-9,11-12,17H,10,13-14H2,1-6H3,(H-,23,25,28,29)/p+1. The Kier molecular flexibility index (Phi) is 5.54. The predicted octanol–water partition coefficient (Wildman–Crippen LogP) is 2.41. The number of nitrogens with zero attached hydrogens (tertiary/aromatic N) is 3. The lowest BCUT2D eigenvalue weighted by Gasteiger charge is -2.34. The molecule has 0 bridgehead atoms. The number of carbonyl (C=O) groups is 2. The number of benzene rings is 1. The van der Waals surface area contributed by atoms with Crippen LogP contribution >= 0.6 is 0 Å². The maximum absolute atomic E-state index is 13.3. The van der Waals surface area contributed by atoms with E-state index in [-0.39, 0.29) is 11.8 Å². The molecule has 0 fully saturated rings. The summed E-state index contributed by atoms with van der Waals surface area (Å²) >= 11 is 0. The summed E-state index contributed by atoms with van der Waals surface area (Å²) in [6, 6.07) is 9.27. The van der Waals surface area contributed by atoms with E-state index in [0.717, 1.165) is 36.7 Å². The van der Waals surface area contributed by atoms with Gasteiger partial charge in [0.05, 0.1) is 20.6 Å². The zero-order chi connectivity index (χ0) is 21.4. The van der Waals surface area contributed by atoms with E-state index in [4.69, 9.17) is 4.98 Å². The topological polar surface area (TPSA) is 76.0 Å². The first-order valence-corrected chi connectivity index (χ1v) is 10.1. The van der Waals surface area contributed by atoms with Crippen LogP contribution in [0.1, 0.15) is 37.7 Å². The molecule has 7 heteroatoms. The molecular weight excluding hydrogens is 366 g/mol. The van der Waals surface area contributed by atoms with Crippen LogP contribution in [0.15, 0.2) is 30.3 Å². The van der Waals surface area contributed by atoms with E-state index in [1.807, 2.05) is 51.1 Å². The largest absolute Gasteiger partial charge is 0.357 e. The van der Waals surface area contributed by atoms with Crippen molar-refractivity contribution in [3.05, 3.63) is 36.0 Å². The van der Waals surface area contributed by atoms with Crippen molar-refractivity contribution in [2.24, 2.45) is 5.41 Å². The zero-order valence-corrected chi connectivity index (χ0v) is 18.2. The maximum Gasteiger partial charge on any atom is 0.278 e. The highest BCUT2D eigenvalue weighted by Gasteiger charge is 2.40. The summed E-state index contributed by atoms with van der Waals surface area (Å²) < 4.78 is 2.72. The van der Waals surface area contributed by atoms with E-state index in [1.54, 1.807) is 7.05 Å². The Hall–Kier alpha value is -2.67. The fourth-order valence-corrected chi connectivity index (χ4v) is 3.98. The lowest BCUT2D eigenvalue weighted by Crippen LogP contribution is -2.53. The van der Waals surface area contributed by atoms with Crippen molar-refractivity contribution in [3.8, 4) is 11.4 Å². The van der Waals surface area contributed by atoms with E-state index in [9.17, 15) is 9.59 Å². The molecule has 0 aliphatic carbocycles. The molecule has 2 heterocycles.